The summed E-state index contributed by atoms with van der Waals surface area (Å²) in [5.74, 6) is -0.421. The predicted molar refractivity (Wildman–Crippen MR) is 75.3 cm³/mol. The number of halogens is 1. The third-order valence-corrected chi connectivity index (χ3v) is 3.14. The standard InChI is InChI=1S/C15H20FN3O/c1-4-19(5-2)15(20)11(3)18-10-13-6-12(9-17)7-14(16)8-13/h6-8,11,18H,4-5,10H2,1-3H3. The van der Waals surface area contributed by atoms with Gasteiger partial charge in [0, 0.05) is 19.6 Å². The third kappa shape index (κ3) is 4.32. The zero-order valence-corrected chi connectivity index (χ0v) is 12.1. The van der Waals surface area contributed by atoms with Gasteiger partial charge in [-0.3, -0.25) is 4.79 Å². The largest absolute Gasteiger partial charge is 0.342 e. The number of rotatable bonds is 6. The van der Waals surface area contributed by atoms with Gasteiger partial charge >= 0.3 is 0 Å². The Morgan fingerprint density at radius 3 is 2.60 bits per heavy atom. The lowest BCUT2D eigenvalue weighted by molar-refractivity contribution is -0.132. The highest BCUT2D eigenvalue weighted by molar-refractivity contribution is 5.81. The predicted octanol–water partition coefficient (Wildman–Crippen LogP) is 2.04. The quantitative estimate of drug-likeness (QED) is 0.865. The number of nitrogens with one attached hydrogen (secondary N) is 1. The molecular weight excluding hydrogens is 257 g/mol. The molecule has 0 aliphatic heterocycles. The molecule has 1 N–H and O–H groups in total. The lowest BCUT2D eigenvalue weighted by Crippen LogP contribution is -2.44. The molecule has 0 fully saturated rings. The lowest BCUT2D eigenvalue weighted by atomic mass is 10.1. The van der Waals surface area contributed by atoms with Crippen molar-refractivity contribution in [3.63, 3.8) is 0 Å². The van der Waals surface area contributed by atoms with Crippen molar-refractivity contribution in [1.82, 2.24) is 10.2 Å². The summed E-state index contributed by atoms with van der Waals surface area (Å²) in [6.07, 6.45) is 0. The van der Waals surface area contributed by atoms with Crippen LogP contribution >= 0.6 is 0 Å². The maximum absolute atomic E-state index is 13.3. The molecule has 0 aliphatic carbocycles. The van der Waals surface area contributed by atoms with E-state index in [1.54, 1.807) is 17.9 Å². The minimum atomic E-state index is -0.441. The lowest BCUT2D eigenvalue weighted by Gasteiger charge is -2.23. The van der Waals surface area contributed by atoms with E-state index in [2.05, 4.69) is 5.32 Å². The van der Waals surface area contributed by atoms with Crippen molar-refractivity contribution in [3.8, 4) is 6.07 Å². The molecule has 0 radical (unpaired) electrons. The van der Waals surface area contributed by atoms with Crippen molar-refractivity contribution in [3.05, 3.63) is 35.1 Å². The number of carbonyl (C=O) groups is 1. The smallest absolute Gasteiger partial charge is 0.239 e. The van der Waals surface area contributed by atoms with Crippen LogP contribution in [-0.4, -0.2) is 29.9 Å². The number of nitriles is 1. The molecule has 1 amide bonds. The summed E-state index contributed by atoms with van der Waals surface area (Å²) in [7, 11) is 0. The third-order valence-electron chi connectivity index (χ3n) is 3.14. The molecule has 0 bridgehead atoms. The Morgan fingerprint density at radius 1 is 1.40 bits per heavy atom. The van der Waals surface area contributed by atoms with E-state index in [0.717, 1.165) is 0 Å². The topological polar surface area (TPSA) is 56.1 Å². The van der Waals surface area contributed by atoms with Gasteiger partial charge in [-0.25, -0.2) is 4.39 Å². The summed E-state index contributed by atoms with van der Waals surface area (Å²) in [6.45, 7) is 7.32. The fourth-order valence-electron chi connectivity index (χ4n) is 1.98. The molecule has 1 aromatic rings. The first-order chi connectivity index (χ1) is 9.51. The van der Waals surface area contributed by atoms with Crippen LogP contribution in [0.4, 0.5) is 4.39 Å². The molecule has 1 rings (SSSR count). The highest BCUT2D eigenvalue weighted by Gasteiger charge is 2.17. The van der Waals surface area contributed by atoms with Crippen LogP contribution in [0.15, 0.2) is 18.2 Å². The van der Waals surface area contributed by atoms with Crippen molar-refractivity contribution in [2.45, 2.75) is 33.4 Å². The van der Waals surface area contributed by atoms with Crippen LogP contribution in [0.1, 0.15) is 31.9 Å². The Bertz CT molecular complexity index is 506. The van der Waals surface area contributed by atoms with Gasteiger partial charge < -0.3 is 10.2 Å². The second kappa shape index (κ2) is 7.61. The Hall–Kier alpha value is -1.93. The summed E-state index contributed by atoms with van der Waals surface area (Å²) in [5, 5.41) is 11.8. The first-order valence-electron chi connectivity index (χ1n) is 6.73. The fraction of sp³-hybridized carbons (Fsp3) is 0.467. The van der Waals surface area contributed by atoms with Gasteiger partial charge in [0.25, 0.3) is 0 Å². The second-order valence-corrected chi connectivity index (χ2v) is 4.57. The first kappa shape index (κ1) is 16.1. The number of likely N-dealkylation sites (N-methyl/N-ethyl adjacent to an activating group) is 1. The fourth-order valence-corrected chi connectivity index (χ4v) is 1.98. The van der Waals surface area contributed by atoms with Gasteiger partial charge in [-0.05, 0) is 44.5 Å². The highest BCUT2D eigenvalue weighted by Crippen LogP contribution is 2.09. The molecule has 0 saturated heterocycles. The SMILES string of the molecule is CCN(CC)C(=O)C(C)NCc1cc(F)cc(C#N)c1. The molecule has 1 atom stereocenters. The second-order valence-electron chi connectivity index (χ2n) is 4.57. The minimum absolute atomic E-state index is 0.0203. The van der Waals surface area contributed by atoms with Gasteiger partial charge in [-0.2, -0.15) is 5.26 Å². The van der Waals surface area contributed by atoms with Gasteiger partial charge in [0.2, 0.25) is 5.91 Å². The number of carbonyl (C=O) groups excluding carboxylic acids is 1. The molecule has 0 aromatic heterocycles. The van der Waals surface area contributed by atoms with Crippen molar-refractivity contribution in [2.75, 3.05) is 13.1 Å². The van der Waals surface area contributed by atoms with E-state index >= 15 is 0 Å². The summed E-state index contributed by atoms with van der Waals surface area (Å²) in [6, 6.07) is 5.74. The average Bonchev–Trinajstić information content (AvgIpc) is 2.45. The summed E-state index contributed by atoms with van der Waals surface area (Å²) < 4.78 is 13.3. The minimum Gasteiger partial charge on any atom is -0.342 e. The van der Waals surface area contributed by atoms with E-state index in [4.69, 9.17) is 5.26 Å². The number of nitrogens with zero attached hydrogens (tertiary/aromatic N) is 2. The van der Waals surface area contributed by atoms with Crippen molar-refractivity contribution in [2.24, 2.45) is 0 Å². The molecule has 0 heterocycles. The van der Waals surface area contributed by atoms with Gasteiger partial charge in [0.15, 0.2) is 0 Å². The van der Waals surface area contributed by atoms with Crippen LogP contribution < -0.4 is 5.32 Å². The maximum atomic E-state index is 13.3. The van der Waals surface area contributed by atoms with E-state index in [1.165, 1.54) is 12.1 Å². The molecule has 108 valence electrons. The van der Waals surface area contributed by atoms with Crippen LogP contribution in [0.25, 0.3) is 0 Å². The van der Waals surface area contributed by atoms with E-state index in [-0.39, 0.29) is 17.5 Å². The number of benzene rings is 1. The maximum Gasteiger partial charge on any atom is 0.239 e. The molecule has 0 saturated carbocycles. The summed E-state index contributed by atoms with van der Waals surface area (Å²) in [5.41, 5.74) is 0.935. The van der Waals surface area contributed by atoms with Crippen molar-refractivity contribution >= 4 is 5.91 Å². The van der Waals surface area contributed by atoms with Crippen LogP contribution in [0.5, 0.6) is 0 Å². The molecule has 0 spiro atoms. The Balaban J connectivity index is 2.65. The first-order valence-corrected chi connectivity index (χ1v) is 6.73. The normalized spacial score (nSPS) is 11.8. The average molecular weight is 277 g/mol. The van der Waals surface area contributed by atoms with Gasteiger partial charge in [-0.1, -0.05) is 0 Å². The highest BCUT2D eigenvalue weighted by atomic mass is 19.1. The monoisotopic (exact) mass is 277 g/mol. The summed E-state index contributed by atoms with van der Waals surface area (Å²) in [4.78, 5) is 13.8. The van der Waals surface area contributed by atoms with Crippen LogP contribution in [0.3, 0.4) is 0 Å². The Labute approximate surface area is 119 Å². The molecule has 1 aromatic carbocycles. The zero-order valence-electron chi connectivity index (χ0n) is 12.1. The van der Waals surface area contributed by atoms with Crippen LogP contribution in [0.2, 0.25) is 0 Å². The molecule has 1 unspecified atom stereocenters. The molecule has 20 heavy (non-hydrogen) atoms. The number of hydrogen-bond acceptors (Lipinski definition) is 3. The van der Waals surface area contributed by atoms with E-state index in [9.17, 15) is 9.18 Å². The zero-order chi connectivity index (χ0) is 15.1. The number of amides is 1. The molecule has 4 nitrogen and oxygen atoms in total. The number of hydrogen-bond donors (Lipinski definition) is 1. The van der Waals surface area contributed by atoms with Gasteiger partial charge in [-0.15, -0.1) is 0 Å². The molecular formula is C15H20FN3O. The Morgan fingerprint density at radius 2 is 2.05 bits per heavy atom. The molecule has 0 aliphatic rings. The molecule has 5 heteroatoms. The van der Waals surface area contributed by atoms with E-state index in [1.807, 2.05) is 19.9 Å². The van der Waals surface area contributed by atoms with Crippen LogP contribution in [-0.2, 0) is 11.3 Å². The van der Waals surface area contributed by atoms with E-state index < -0.39 is 5.82 Å². The van der Waals surface area contributed by atoms with Gasteiger partial charge in [0.1, 0.15) is 5.82 Å². The van der Waals surface area contributed by atoms with Gasteiger partial charge in [0.05, 0.1) is 17.7 Å². The summed E-state index contributed by atoms with van der Waals surface area (Å²) >= 11 is 0. The van der Waals surface area contributed by atoms with E-state index in [0.29, 0.717) is 25.2 Å². The van der Waals surface area contributed by atoms with Crippen molar-refractivity contribution in [1.29, 1.82) is 5.26 Å². The Kier molecular flexibility index (Phi) is 6.13. The van der Waals surface area contributed by atoms with Crippen molar-refractivity contribution < 1.29 is 9.18 Å². The van der Waals surface area contributed by atoms with Crippen LogP contribution in [0, 0.1) is 17.1 Å².